The summed E-state index contributed by atoms with van der Waals surface area (Å²) in [4.78, 5) is 4.37. The molecule has 1 aromatic heterocycles. The van der Waals surface area contributed by atoms with Crippen molar-refractivity contribution >= 4 is 23.5 Å². The van der Waals surface area contributed by atoms with Crippen LogP contribution in [0.1, 0.15) is 5.56 Å². The van der Waals surface area contributed by atoms with E-state index in [0.717, 1.165) is 34.3 Å². The van der Waals surface area contributed by atoms with Crippen molar-refractivity contribution in [3.8, 4) is 0 Å². The number of aromatic nitrogens is 2. The van der Waals surface area contributed by atoms with E-state index in [2.05, 4.69) is 58.6 Å². The monoisotopic (exact) mass is 379 g/mol. The number of nitrogens with one attached hydrogen (secondary N) is 2. The van der Waals surface area contributed by atoms with Gasteiger partial charge in [-0.1, -0.05) is 43.0 Å². The third-order valence-electron chi connectivity index (χ3n) is 3.68. The second-order valence-electron chi connectivity index (χ2n) is 5.77. The molecule has 1 heterocycles. The second kappa shape index (κ2) is 11.8. The van der Waals surface area contributed by atoms with Gasteiger partial charge in [-0.15, -0.1) is 0 Å². The highest BCUT2D eigenvalue weighted by atomic mass is 32.2. The molecule has 0 radical (unpaired) electrons. The van der Waals surface area contributed by atoms with Gasteiger partial charge in [-0.3, -0.25) is 0 Å². The van der Waals surface area contributed by atoms with Crippen LogP contribution in [-0.2, 0) is 7.05 Å². The Morgan fingerprint density at radius 1 is 1.26 bits per heavy atom. The molecule has 2 aromatic rings. The molecule has 27 heavy (non-hydrogen) atoms. The molecule has 5 heteroatoms. The van der Waals surface area contributed by atoms with Crippen LogP contribution in [0.3, 0.4) is 0 Å². The van der Waals surface area contributed by atoms with Crippen molar-refractivity contribution in [1.29, 1.82) is 0 Å². The fourth-order valence-corrected chi connectivity index (χ4v) is 3.08. The lowest BCUT2D eigenvalue weighted by Gasteiger charge is -2.05. The molecule has 0 spiro atoms. The normalized spacial score (nSPS) is 11.9. The molecule has 0 saturated carbocycles. The van der Waals surface area contributed by atoms with Crippen LogP contribution in [0.4, 0.5) is 5.69 Å². The van der Waals surface area contributed by atoms with E-state index >= 15 is 0 Å². The average Bonchev–Trinajstić information content (AvgIpc) is 2.69. The third kappa shape index (κ3) is 7.54. The number of rotatable bonds is 10. The first-order valence-electron chi connectivity index (χ1n) is 8.85. The maximum atomic E-state index is 4.37. The highest BCUT2D eigenvalue weighted by Crippen LogP contribution is 2.14. The van der Waals surface area contributed by atoms with Crippen molar-refractivity contribution in [3.05, 3.63) is 90.9 Å². The molecule has 0 aliphatic rings. The molecule has 2 rings (SSSR count). The van der Waals surface area contributed by atoms with E-state index in [1.165, 1.54) is 0 Å². The zero-order valence-corrected chi connectivity index (χ0v) is 16.7. The Balaban J connectivity index is 1.83. The number of aryl methyl sites for hydroxylation is 1. The second-order valence-corrected chi connectivity index (χ2v) is 6.83. The maximum absolute atomic E-state index is 4.37. The summed E-state index contributed by atoms with van der Waals surface area (Å²) in [5, 5.41) is 7.47. The molecular formula is C22H27N4S+. The third-order valence-corrected chi connectivity index (χ3v) is 4.74. The number of anilines is 1. The van der Waals surface area contributed by atoms with Gasteiger partial charge in [0.15, 0.2) is 0 Å². The lowest BCUT2D eigenvalue weighted by atomic mass is 10.1. The molecule has 0 fully saturated rings. The van der Waals surface area contributed by atoms with Gasteiger partial charge >= 0.3 is 5.16 Å². The molecule has 0 amide bonds. The van der Waals surface area contributed by atoms with Gasteiger partial charge in [0.25, 0.3) is 0 Å². The van der Waals surface area contributed by atoms with Crippen LogP contribution < -0.4 is 15.2 Å². The fourth-order valence-electron chi connectivity index (χ4n) is 2.29. The highest BCUT2D eigenvalue weighted by Gasteiger charge is 2.07. The molecule has 0 aliphatic heterocycles. The summed E-state index contributed by atoms with van der Waals surface area (Å²) in [6.45, 7) is 4.64. The Labute approximate surface area is 166 Å². The van der Waals surface area contributed by atoms with E-state index in [4.69, 9.17) is 0 Å². The van der Waals surface area contributed by atoms with E-state index in [0.29, 0.717) is 0 Å². The van der Waals surface area contributed by atoms with Gasteiger partial charge in [0, 0.05) is 31.1 Å². The van der Waals surface area contributed by atoms with Crippen molar-refractivity contribution in [1.82, 2.24) is 10.3 Å². The molecule has 2 N–H and O–H groups in total. The minimum absolute atomic E-state index is 0.886. The maximum Gasteiger partial charge on any atom is 0.358 e. The van der Waals surface area contributed by atoms with E-state index < -0.39 is 0 Å². The summed E-state index contributed by atoms with van der Waals surface area (Å²) in [6.07, 6.45) is 15.7. The number of benzene rings is 1. The Morgan fingerprint density at radius 3 is 2.78 bits per heavy atom. The molecule has 1 aromatic carbocycles. The van der Waals surface area contributed by atoms with Crippen molar-refractivity contribution in [2.24, 2.45) is 7.05 Å². The minimum Gasteiger partial charge on any atom is -0.394 e. The molecule has 0 atom stereocenters. The van der Waals surface area contributed by atoms with Gasteiger partial charge < -0.3 is 10.6 Å². The lowest BCUT2D eigenvalue weighted by molar-refractivity contribution is -0.713. The number of allylic oxidation sites excluding steroid dienone is 5. The first-order chi connectivity index (χ1) is 13.2. The van der Waals surface area contributed by atoms with Crippen LogP contribution in [0.5, 0.6) is 0 Å². The van der Waals surface area contributed by atoms with Crippen molar-refractivity contribution < 1.29 is 4.57 Å². The summed E-state index contributed by atoms with van der Waals surface area (Å²) >= 11 is 1.74. The average molecular weight is 380 g/mol. The van der Waals surface area contributed by atoms with Crippen LogP contribution in [-0.4, -0.2) is 24.3 Å². The standard InChI is InChI=1S/C22H27N4S/c1-4-6-19(13-15-23-2)7-8-20-9-11-21(12-10-20)24-16-18-27-22-25-14-5-17-26(22)3/h4-15,17,23-24H,1,16,18H2,2-3H3/q+1/b8-7+,15-13-,19-6-. The van der Waals surface area contributed by atoms with Gasteiger partial charge in [-0.05, 0) is 52.3 Å². The Hall–Kier alpha value is -2.79. The summed E-state index contributed by atoms with van der Waals surface area (Å²) < 4.78 is 2.03. The quantitative estimate of drug-likeness (QED) is 0.215. The largest absolute Gasteiger partial charge is 0.394 e. The van der Waals surface area contributed by atoms with Crippen LogP contribution in [0.25, 0.3) is 6.08 Å². The van der Waals surface area contributed by atoms with Gasteiger partial charge in [-0.2, -0.15) is 0 Å². The predicted molar refractivity (Wildman–Crippen MR) is 117 cm³/mol. The van der Waals surface area contributed by atoms with Gasteiger partial charge in [0.2, 0.25) is 0 Å². The first-order valence-corrected chi connectivity index (χ1v) is 9.83. The highest BCUT2D eigenvalue weighted by molar-refractivity contribution is 7.99. The number of hydrogen-bond acceptors (Lipinski definition) is 4. The van der Waals surface area contributed by atoms with Crippen molar-refractivity contribution in [3.63, 3.8) is 0 Å². The van der Waals surface area contributed by atoms with Crippen LogP contribution in [0.15, 0.2) is 90.5 Å². The molecule has 0 saturated heterocycles. The molecule has 0 unspecified atom stereocenters. The number of hydrogen-bond donors (Lipinski definition) is 2. The minimum atomic E-state index is 0.886. The topological polar surface area (TPSA) is 40.8 Å². The smallest absolute Gasteiger partial charge is 0.358 e. The van der Waals surface area contributed by atoms with Crippen molar-refractivity contribution in [2.75, 3.05) is 24.7 Å². The number of nitrogens with zero attached hydrogens (tertiary/aromatic N) is 2. The number of thioether (sulfide) groups is 1. The zero-order chi connectivity index (χ0) is 19.3. The molecule has 4 nitrogen and oxygen atoms in total. The molecule has 140 valence electrons. The van der Waals surface area contributed by atoms with Crippen LogP contribution >= 0.6 is 11.8 Å². The van der Waals surface area contributed by atoms with Crippen molar-refractivity contribution in [2.45, 2.75) is 5.16 Å². The first kappa shape index (κ1) is 20.5. The van der Waals surface area contributed by atoms with E-state index in [-0.39, 0.29) is 0 Å². The molecule has 0 aliphatic carbocycles. The Bertz CT molecular complexity index is 807. The molecule has 0 bridgehead atoms. The van der Waals surface area contributed by atoms with Gasteiger partial charge in [0.05, 0.1) is 13.2 Å². The zero-order valence-electron chi connectivity index (χ0n) is 15.9. The summed E-state index contributed by atoms with van der Waals surface area (Å²) in [7, 11) is 3.89. The lowest BCUT2D eigenvalue weighted by Crippen LogP contribution is -2.31. The van der Waals surface area contributed by atoms with Crippen LogP contribution in [0, 0.1) is 0 Å². The summed E-state index contributed by atoms with van der Waals surface area (Å²) in [5.74, 6) is 0.958. The summed E-state index contributed by atoms with van der Waals surface area (Å²) in [6, 6.07) is 10.4. The predicted octanol–water partition coefficient (Wildman–Crippen LogP) is 3.97. The molecular weight excluding hydrogens is 352 g/mol. The van der Waals surface area contributed by atoms with E-state index in [9.17, 15) is 0 Å². The fraction of sp³-hybridized carbons (Fsp3) is 0.182. The van der Waals surface area contributed by atoms with Gasteiger partial charge in [0.1, 0.15) is 6.20 Å². The van der Waals surface area contributed by atoms with Gasteiger partial charge in [-0.25, -0.2) is 4.57 Å². The Morgan fingerprint density at radius 2 is 2.07 bits per heavy atom. The van der Waals surface area contributed by atoms with E-state index in [1.807, 2.05) is 55.5 Å². The summed E-state index contributed by atoms with van der Waals surface area (Å²) in [5.41, 5.74) is 3.36. The SMILES string of the molecule is C=C/C=C(\C=C/NC)/C=C/c1ccc(NCCSc2nccc[n+]2C)cc1. The van der Waals surface area contributed by atoms with E-state index in [1.54, 1.807) is 17.8 Å². The van der Waals surface area contributed by atoms with Crippen LogP contribution in [0.2, 0.25) is 0 Å². The Kier molecular flexibility index (Phi) is 8.93.